The Hall–Kier alpha value is -1.11. The van der Waals surface area contributed by atoms with E-state index in [1.807, 2.05) is 6.08 Å². The minimum absolute atomic E-state index is 0.344. The first-order valence-corrected chi connectivity index (χ1v) is 7.48. The Kier molecular flexibility index (Phi) is 2.36. The predicted molar refractivity (Wildman–Crippen MR) is 72.0 cm³/mol. The zero-order valence-corrected chi connectivity index (χ0v) is 10.8. The van der Waals surface area contributed by atoms with Gasteiger partial charge in [0.1, 0.15) is 0 Å². The number of hydrogen-bond acceptors (Lipinski definition) is 1. The molecule has 4 aliphatic rings. The molecule has 1 heteroatoms. The summed E-state index contributed by atoms with van der Waals surface area (Å²) in [7, 11) is 0. The lowest BCUT2D eigenvalue weighted by atomic mass is 9.64. The molecule has 1 saturated carbocycles. The molecule has 0 aliphatic heterocycles. The fourth-order valence-corrected chi connectivity index (χ4v) is 4.62. The molecule has 3 atom stereocenters. The normalized spacial score (nSPS) is 38.1. The molecule has 0 aromatic heterocycles. The highest BCUT2D eigenvalue weighted by molar-refractivity contribution is 5.94. The second-order valence-electron chi connectivity index (χ2n) is 6.36. The summed E-state index contributed by atoms with van der Waals surface area (Å²) in [6.07, 6.45) is 15.4. The summed E-state index contributed by atoms with van der Waals surface area (Å²) in [5.74, 6) is 2.40. The summed E-state index contributed by atoms with van der Waals surface area (Å²) in [4.78, 5) is 11.6. The molecule has 0 heterocycles. The summed E-state index contributed by atoms with van der Waals surface area (Å²) >= 11 is 0. The molecular weight excluding hydrogens is 220 g/mol. The number of carbonyl (C=O) groups excluding carboxylic acids is 1. The van der Waals surface area contributed by atoms with E-state index < -0.39 is 0 Å². The Morgan fingerprint density at radius 2 is 1.94 bits per heavy atom. The van der Waals surface area contributed by atoms with Gasteiger partial charge in [0, 0.05) is 6.42 Å². The average molecular weight is 240 g/mol. The van der Waals surface area contributed by atoms with Crippen LogP contribution >= 0.6 is 0 Å². The van der Waals surface area contributed by atoms with Crippen molar-refractivity contribution in [3.63, 3.8) is 0 Å². The van der Waals surface area contributed by atoms with Crippen molar-refractivity contribution in [2.75, 3.05) is 0 Å². The van der Waals surface area contributed by atoms with Crippen molar-refractivity contribution in [1.82, 2.24) is 0 Å². The van der Waals surface area contributed by atoms with Gasteiger partial charge in [0.25, 0.3) is 0 Å². The van der Waals surface area contributed by atoms with Gasteiger partial charge in [-0.2, -0.15) is 0 Å². The highest BCUT2D eigenvalue weighted by atomic mass is 16.1. The van der Waals surface area contributed by atoms with Crippen LogP contribution in [-0.2, 0) is 4.79 Å². The van der Waals surface area contributed by atoms with E-state index in [1.165, 1.54) is 44.1 Å². The first kappa shape index (κ1) is 10.8. The lowest BCUT2D eigenvalue weighted by molar-refractivity contribution is -0.114. The van der Waals surface area contributed by atoms with Gasteiger partial charge in [-0.15, -0.1) is 0 Å². The number of allylic oxidation sites excluding steroid dienone is 6. The summed E-state index contributed by atoms with van der Waals surface area (Å²) in [5, 5.41) is 0. The minimum Gasteiger partial charge on any atom is -0.295 e. The van der Waals surface area contributed by atoms with Crippen LogP contribution in [0.15, 0.2) is 34.9 Å². The zero-order valence-electron chi connectivity index (χ0n) is 10.8. The third kappa shape index (κ3) is 1.49. The van der Waals surface area contributed by atoms with Gasteiger partial charge in [0.15, 0.2) is 5.78 Å². The molecular formula is C17H20O. The van der Waals surface area contributed by atoms with Crippen LogP contribution in [-0.4, -0.2) is 5.78 Å². The standard InChI is InChI=1S/C17H20O/c18-13-9-12-6-8-15-14-4-2-1-3-11(14)5-7-16(15)17(12)10-13/h6,8-9,11,16-17H,1-5,7,10H2. The number of rotatable bonds is 0. The fourth-order valence-electron chi connectivity index (χ4n) is 4.62. The van der Waals surface area contributed by atoms with Crippen LogP contribution in [0.25, 0.3) is 0 Å². The lowest BCUT2D eigenvalue weighted by Crippen LogP contribution is -2.28. The number of carbonyl (C=O) groups is 1. The van der Waals surface area contributed by atoms with E-state index in [0.29, 0.717) is 17.6 Å². The summed E-state index contributed by atoms with van der Waals surface area (Å²) in [5.41, 5.74) is 4.69. The molecule has 0 aromatic rings. The van der Waals surface area contributed by atoms with Crippen molar-refractivity contribution < 1.29 is 4.79 Å². The van der Waals surface area contributed by atoms with Crippen LogP contribution in [0.5, 0.6) is 0 Å². The molecule has 0 bridgehead atoms. The van der Waals surface area contributed by atoms with Gasteiger partial charge in [-0.05, 0) is 67.1 Å². The van der Waals surface area contributed by atoms with Crippen molar-refractivity contribution in [2.45, 2.75) is 44.9 Å². The minimum atomic E-state index is 0.344. The van der Waals surface area contributed by atoms with Gasteiger partial charge < -0.3 is 0 Å². The van der Waals surface area contributed by atoms with Crippen LogP contribution in [0.2, 0.25) is 0 Å². The second-order valence-corrected chi connectivity index (χ2v) is 6.36. The van der Waals surface area contributed by atoms with E-state index in [9.17, 15) is 4.79 Å². The third-order valence-electron chi connectivity index (χ3n) is 5.46. The van der Waals surface area contributed by atoms with E-state index in [4.69, 9.17) is 0 Å². The van der Waals surface area contributed by atoms with Crippen LogP contribution in [0.4, 0.5) is 0 Å². The molecule has 18 heavy (non-hydrogen) atoms. The molecule has 4 aliphatic carbocycles. The SMILES string of the molecule is O=C1C=C2C=CC3=C4CCCCC4CCC3C2C1. The van der Waals surface area contributed by atoms with Crippen LogP contribution < -0.4 is 0 Å². The molecule has 0 aromatic carbocycles. The van der Waals surface area contributed by atoms with E-state index in [1.54, 1.807) is 11.1 Å². The molecule has 3 unspecified atom stereocenters. The van der Waals surface area contributed by atoms with E-state index in [0.717, 1.165) is 12.3 Å². The van der Waals surface area contributed by atoms with Gasteiger partial charge >= 0.3 is 0 Å². The van der Waals surface area contributed by atoms with Crippen molar-refractivity contribution in [3.05, 3.63) is 34.9 Å². The first-order valence-electron chi connectivity index (χ1n) is 7.48. The Labute approximate surface area is 109 Å². The van der Waals surface area contributed by atoms with Crippen LogP contribution in [0, 0.1) is 17.8 Å². The second kappa shape index (κ2) is 3.94. The van der Waals surface area contributed by atoms with Crippen molar-refractivity contribution in [2.24, 2.45) is 17.8 Å². The fraction of sp³-hybridized carbons (Fsp3) is 0.588. The lowest BCUT2D eigenvalue weighted by Gasteiger charge is -2.40. The van der Waals surface area contributed by atoms with Crippen LogP contribution in [0.3, 0.4) is 0 Å². The number of ketones is 1. The molecule has 0 radical (unpaired) electrons. The Morgan fingerprint density at radius 1 is 1.00 bits per heavy atom. The van der Waals surface area contributed by atoms with E-state index >= 15 is 0 Å². The topological polar surface area (TPSA) is 17.1 Å². The molecule has 1 fully saturated rings. The molecule has 94 valence electrons. The summed E-state index contributed by atoms with van der Waals surface area (Å²) < 4.78 is 0. The monoisotopic (exact) mass is 240 g/mol. The summed E-state index contributed by atoms with van der Waals surface area (Å²) in [6.45, 7) is 0. The Morgan fingerprint density at radius 3 is 2.89 bits per heavy atom. The maximum Gasteiger partial charge on any atom is 0.156 e. The van der Waals surface area contributed by atoms with Crippen molar-refractivity contribution in [1.29, 1.82) is 0 Å². The third-order valence-corrected chi connectivity index (χ3v) is 5.46. The van der Waals surface area contributed by atoms with Gasteiger partial charge in [0.05, 0.1) is 0 Å². The molecule has 0 saturated heterocycles. The molecule has 4 rings (SSSR count). The maximum atomic E-state index is 11.6. The highest BCUT2D eigenvalue weighted by Gasteiger charge is 2.39. The highest BCUT2D eigenvalue weighted by Crippen LogP contribution is 2.50. The Bertz CT molecular complexity index is 492. The van der Waals surface area contributed by atoms with Crippen LogP contribution in [0.1, 0.15) is 44.9 Å². The summed E-state index contributed by atoms with van der Waals surface area (Å²) in [6, 6.07) is 0. The molecule has 0 spiro atoms. The van der Waals surface area contributed by atoms with Crippen molar-refractivity contribution >= 4 is 5.78 Å². The van der Waals surface area contributed by atoms with Gasteiger partial charge in [-0.25, -0.2) is 0 Å². The maximum absolute atomic E-state index is 11.6. The average Bonchev–Trinajstić information content (AvgIpc) is 2.79. The van der Waals surface area contributed by atoms with Crippen molar-refractivity contribution in [3.8, 4) is 0 Å². The van der Waals surface area contributed by atoms with Gasteiger partial charge in [0.2, 0.25) is 0 Å². The molecule has 1 nitrogen and oxygen atoms in total. The van der Waals surface area contributed by atoms with E-state index in [2.05, 4.69) is 12.2 Å². The molecule has 0 N–H and O–H groups in total. The smallest absolute Gasteiger partial charge is 0.156 e. The van der Waals surface area contributed by atoms with Gasteiger partial charge in [-0.3, -0.25) is 4.79 Å². The van der Waals surface area contributed by atoms with Gasteiger partial charge in [-0.1, -0.05) is 24.1 Å². The number of hydrogen-bond donors (Lipinski definition) is 0. The zero-order chi connectivity index (χ0) is 12.1. The number of fused-ring (bicyclic) bond motifs is 4. The quantitative estimate of drug-likeness (QED) is 0.626. The van der Waals surface area contributed by atoms with E-state index in [-0.39, 0.29) is 0 Å². The largest absolute Gasteiger partial charge is 0.295 e. The predicted octanol–water partition coefficient (Wildman–Crippen LogP) is 3.97. The molecule has 0 amide bonds. The first-order chi connectivity index (χ1) is 8.83. The Balaban J connectivity index is 1.77.